The lowest BCUT2D eigenvalue weighted by Crippen LogP contribution is -2.41. The van der Waals surface area contributed by atoms with Crippen molar-refractivity contribution in [2.24, 2.45) is 5.92 Å². The standard InChI is InChI=1S/C23H30N2O.ClH/c1-2-23(26)25(22-11-7-4-8-12-22)19-21-14-17-24(18-15-21)16-13-20-9-5-3-6-10-20;/h3-12,21H,2,13-19H2,1H3;1H. The van der Waals surface area contributed by atoms with E-state index in [0.717, 1.165) is 38.3 Å². The molecule has 0 saturated carbocycles. The van der Waals surface area contributed by atoms with Crippen molar-refractivity contribution in [3.63, 3.8) is 0 Å². The zero-order valence-electron chi connectivity index (χ0n) is 16.2. The summed E-state index contributed by atoms with van der Waals surface area (Å²) in [7, 11) is 0. The van der Waals surface area contributed by atoms with E-state index in [4.69, 9.17) is 0 Å². The molecular weight excluding hydrogens is 356 g/mol. The van der Waals surface area contributed by atoms with Gasteiger partial charge in [-0.2, -0.15) is 0 Å². The van der Waals surface area contributed by atoms with Gasteiger partial charge in [0.05, 0.1) is 0 Å². The first-order valence-corrected chi connectivity index (χ1v) is 9.88. The maximum absolute atomic E-state index is 12.4. The van der Waals surface area contributed by atoms with Crippen LogP contribution < -0.4 is 4.90 Å². The highest BCUT2D eigenvalue weighted by Gasteiger charge is 2.23. The number of carbonyl (C=O) groups excluding carboxylic acids is 1. The third-order valence-corrected chi connectivity index (χ3v) is 5.38. The second-order valence-corrected chi connectivity index (χ2v) is 7.21. The second-order valence-electron chi connectivity index (χ2n) is 7.21. The number of anilines is 1. The lowest BCUT2D eigenvalue weighted by molar-refractivity contribution is -0.118. The number of halogens is 1. The second kappa shape index (κ2) is 11.1. The molecule has 0 spiro atoms. The van der Waals surface area contributed by atoms with Gasteiger partial charge in [-0.05, 0) is 56.0 Å². The van der Waals surface area contributed by atoms with Gasteiger partial charge < -0.3 is 9.80 Å². The smallest absolute Gasteiger partial charge is 0.226 e. The monoisotopic (exact) mass is 386 g/mol. The van der Waals surface area contributed by atoms with Crippen LogP contribution in [0, 0.1) is 5.92 Å². The van der Waals surface area contributed by atoms with Crippen molar-refractivity contribution in [2.45, 2.75) is 32.6 Å². The number of hydrogen-bond donors (Lipinski definition) is 0. The summed E-state index contributed by atoms with van der Waals surface area (Å²) in [6.07, 6.45) is 4.03. The highest BCUT2D eigenvalue weighted by molar-refractivity contribution is 5.93. The molecule has 0 aromatic heterocycles. The molecule has 2 aromatic carbocycles. The molecule has 1 heterocycles. The number of carbonyl (C=O) groups is 1. The highest BCUT2D eigenvalue weighted by atomic mass is 35.5. The van der Waals surface area contributed by atoms with E-state index in [2.05, 4.69) is 35.2 Å². The summed E-state index contributed by atoms with van der Waals surface area (Å²) in [6, 6.07) is 20.8. The van der Waals surface area contributed by atoms with Crippen molar-refractivity contribution < 1.29 is 4.79 Å². The fourth-order valence-corrected chi connectivity index (χ4v) is 3.73. The third kappa shape index (κ3) is 6.37. The number of hydrogen-bond acceptors (Lipinski definition) is 2. The van der Waals surface area contributed by atoms with E-state index >= 15 is 0 Å². The van der Waals surface area contributed by atoms with Crippen molar-refractivity contribution in [2.75, 3.05) is 31.1 Å². The van der Waals surface area contributed by atoms with Gasteiger partial charge in [-0.25, -0.2) is 0 Å². The molecular formula is C23H31ClN2O. The summed E-state index contributed by atoms with van der Waals surface area (Å²) in [4.78, 5) is 17.0. The summed E-state index contributed by atoms with van der Waals surface area (Å²) in [5.41, 5.74) is 2.45. The van der Waals surface area contributed by atoms with Crippen molar-refractivity contribution in [3.05, 3.63) is 66.2 Å². The zero-order valence-corrected chi connectivity index (χ0v) is 17.0. The Morgan fingerprint density at radius 1 is 1.00 bits per heavy atom. The number of likely N-dealkylation sites (tertiary alicyclic amines) is 1. The predicted octanol–water partition coefficient (Wildman–Crippen LogP) is 4.81. The first kappa shape index (κ1) is 21.5. The normalized spacial score (nSPS) is 15.1. The fourth-order valence-electron chi connectivity index (χ4n) is 3.73. The van der Waals surface area contributed by atoms with E-state index in [9.17, 15) is 4.79 Å². The molecule has 0 N–H and O–H groups in total. The van der Waals surface area contributed by atoms with Gasteiger partial charge >= 0.3 is 0 Å². The molecule has 0 bridgehead atoms. The largest absolute Gasteiger partial charge is 0.312 e. The first-order valence-electron chi connectivity index (χ1n) is 9.88. The summed E-state index contributed by atoms with van der Waals surface area (Å²) < 4.78 is 0. The Kier molecular flexibility index (Phi) is 8.83. The van der Waals surface area contributed by atoms with Crippen molar-refractivity contribution in [1.82, 2.24) is 4.90 Å². The van der Waals surface area contributed by atoms with Crippen LogP contribution in [0.1, 0.15) is 31.7 Å². The van der Waals surface area contributed by atoms with E-state index in [1.54, 1.807) is 0 Å². The molecule has 1 saturated heterocycles. The highest BCUT2D eigenvalue weighted by Crippen LogP contribution is 2.23. The minimum absolute atomic E-state index is 0. The van der Waals surface area contributed by atoms with Crippen molar-refractivity contribution >= 4 is 24.0 Å². The molecule has 3 rings (SSSR count). The van der Waals surface area contributed by atoms with Crippen LogP contribution in [0.25, 0.3) is 0 Å². The van der Waals surface area contributed by atoms with Crippen LogP contribution in [-0.4, -0.2) is 37.0 Å². The maximum atomic E-state index is 12.4. The molecule has 2 aromatic rings. The van der Waals surface area contributed by atoms with Crippen molar-refractivity contribution in [3.8, 4) is 0 Å². The minimum Gasteiger partial charge on any atom is -0.312 e. The Labute approximate surface area is 169 Å². The topological polar surface area (TPSA) is 23.6 Å². The van der Waals surface area contributed by atoms with Crippen molar-refractivity contribution in [1.29, 1.82) is 0 Å². The Bertz CT molecular complexity index is 669. The fraction of sp³-hybridized carbons (Fsp3) is 0.435. The van der Waals surface area contributed by atoms with Gasteiger partial charge in [-0.15, -0.1) is 12.4 Å². The Morgan fingerprint density at radius 3 is 2.19 bits per heavy atom. The molecule has 1 fully saturated rings. The molecule has 146 valence electrons. The van der Waals surface area contributed by atoms with Crippen LogP contribution in [-0.2, 0) is 11.2 Å². The molecule has 1 aliphatic heterocycles. The molecule has 0 aliphatic carbocycles. The Balaban J connectivity index is 0.00000261. The number of nitrogens with zero attached hydrogens (tertiary/aromatic N) is 2. The molecule has 0 radical (unpaired) electrons. The number of piperidine rings is 1. The summed E-state index contributed by atoms with van der Waals surface area (Å²) in [6.45, 7) is 6.21. The molecule has 3 nitrogen and oxygen atoms in total. The molecule has 0 atom stereocenters. The average Bonchev–Trinajstić information content (AvgIpc) is 2.72. The predicted molar refractivity (Wildman–Crippen MR) is 116 cm³/mol. The van der Waals surface area contributed by atoms with E-state index in [-0.39, 0.29) is 18.3 Å². The Morgan fingerprint density at radius 2 is 1.59 bits per heavy atom. The van der Waals surface area contributed by atoms with Gasteiger partial charge in [0.15, 0.2) is 0 Å². The molecule has 0 unspecified atom stereocenters. The molecule has 1 amide bonds. The molecule has 1 aliphatic rings. The lowest BCUT2D eigenvalue weighted by atomic mass is 9.95. The average molecular weight is 387 g/mol. The lowest BCUT2D eigenvalue weighted by Gasteiger charge is -2.35. The maximum Gasteiger partial charge on any atom is 0.226 e. The van der Waals surface area contributed by atoms with E-state index in [0.29, 0.717) is 12.3 Å². The summed E-state index contributed by atoms with van der Waals surface area (Å²) >= 11 is 0. The number of rotatable bonds is 7. The third-order valence-electron chi connectivity index (χ3n) is 5.38. The minimum atomic E-state index is 0. The first-order chi connectivity index (χ1) is 12.8. The van der Waals surface area contributed by atoms with Crippen LogP contribution in [0.4, 0.5) is 5.69 Å². The van der Waals surface area contributed by atoms with Crippen LogP contribution >= 0.6 is 12.4 Å². The van der Waals surface area contributed by atoms with Gasteiger partial charge in [0.25, 0.3) is 0 Å². The SMILES string of the molecule is CCC(=O)N(CC1CCN(CCc2ccccc2)CC1)c1ccccc1.Cl. The van der Waals surface area contributed by atoms with Gasteiger partial charge in [-0.1, -0.05) is 55.5 Å². The Hall–Kier alpha value is -1.84. The van der Waals surface area contributed by atoms with E-state index in [1.165, 1.54) is 18.4 Å². The van der Waals surface area contributed by atoms with Gasteiger partial charge in [0, 0.05) is 25.2 Å². The molecule has 4 heteroatoms. The zero-order chi connectivity index (χ0) is 18.2. The van der Waals surface area contributed by atoms with E-state index in [1.807, 2.05) is 42.2 Å². The number of benzene rings is 2. The number of para-hydroxylation sites is 1. The van der Waals surface area contributed by atoms with Crippen LogP contribution in [0.3, 0.4) is 0 Å². The summed E-state index contributed by atoms with van der Waals surface area (Å²) in [5.74, 6) is 0.821. The summed E-state index contributed by atoms with van der Waals surface area (Å²) in [5, 5.41) is 0. The van der Waals surface area contributed by atoms with Gasteiger partial charge in [0.1, 0.15) is 0 Å². The van der Waals surface area contributed by atoms with Crippen LogP contribution in [0.2, 0.25) is 0 Å². The van der Waals surface area contributed by atoms with Gasteiger partial charge in [0.2, 0.25) is 5.91 Å². The van der Waals surface area contributed by atoms with Crippen LogP contribution in [0.5, 0.6) is 0 Å². The molecule has 27 heavy (non-hydrogen) atoms. The van der Waals surface area contributed by atoms with Crippen LogP contribution in [0.15, 0.2) is 60.7 Å². The van der Waals surface area contributed by atoms with Gasteiger partial charge in [-0.3, -0.25) is 4.79 Å². The quantitative estimate of drug-likeness (QED) is 0.681. The number of amides is 1. The van der Waals surface area contributed by atoms with E-state index < -0.39 is 0 Å².